The summed E-state index contributed by atoms with van der Waals surface area (Å²) in [5, 5.41) is 3.74. The summed E-state index contributed by atoms with van der Waals surface area (Å²) in [6, 6.07) is 21.6. The molecular weight excluding hydrogens is 663 g/mol. The standard InChI is InChI=1S/C37H33N3O7S2/c1-3-46-36(44)20-7-11-22(12-8-20)40-34(42)29-24-16-25(30(29)35(40)43)31-28(24)27(32-33(48-31)39-37(45)49-32)19-9-13-23(14-10-19)47-17-26(41)38-21-6-4-5-18(2)15-21/h4-15,24-25,27-31H,3,16-17H2,1-2H3,(H,38,41)(H,39,45)/t24-,25-,27+,28-,29+,30+,31-/m1/s1. The van der Waals surface area contributed by atoms with Crippen LogP contribution in [-0.4, -0.2) is 47.1 Å². The molecule has 10 nitrogen and oxygen atoms in total. The molecule has 2 bridgehead atoms. The van der Waals surface area contributed by atoms with Gasteiger partial charge in [0.2, 0.25) is 11.8 Å². The van der Waals surface area contributed by atoms with Gasteiger partial charge in [-0.15, -0.1) is 11.8 Å². The van der Waals surface area contributed by atoms with Crippen molar-refractivity contribution in [1.82, 2.24) is 4.98 Å². The number of rotatable bonds is 8. The van der Waals surface area contributed by atoms with Gasteiger partial charge >= 0.3 is 10.8 Å². The third kappa shape index (κ3) is 5.37. The Morgan fingerprint density at radius 1 is 0.959 bits per heavy atom. The lowest BCUT2D eigenvalue weighted by Gasteiger charge is -2.43. The van der Waals surface area contributed by atoms with Crippen molar-refractivity contribution in [2.45, 2.75) is 36.5 Å². The van der Waals surface area contributed by atoms with E-state index >= 15 is 0 Å². The molecule has 3 amide bonds. The highest BCUT2D eigenvalue weighted by Gasteiger charge is 2.69. The maximum absolute atomic E-state index is 14.1. The molecule has 3 heterocycles. The molecule has 49 heavy (non-hydrogen) atoms. The number of carbonyl (C=O) groups excluding carboxylic acids is 4. The van der Waals surface area contributed by atoms with E-state index in [1.807, 2.05) is 55.5 Å². The van der Waals surface area contributed by atoms with Crippen LogP contribution >= 0.6 is 23.1 Å². The number of thiazole rings is 1. The van der Waals surface area contributed by atoms with Gasteiger partial charge in [0.25, 0.3) is 5.91 Å². The van der Waals surface area contributed by atoms with Crippen LogP contribution < -0.4 is 19.8 Å². The first-order valence-corrected chi connectivity index (χ1v) is 18.1. The monoisotopic (exact) mass is 695 g/mol. The highest BCUT2D eigenvalue weighted by molar-refractivity contribution is 8.00. The molecule has 3 fully saturated rings. The zero-order valence-corrected chi connectivity index (χ0v) is 28.3. The summed E-state index contributed by atoms with van der Waals surface area (Å²) in [6.45, 7) is 3.80. The van der Waals surface area contributed by atoms with Gasteiger partial charge in [-0.1, -0.05) is 35.6 Å². The first-order chi connectivity index (χ1) is 23.7. The van der Waals surface area contributed by atoms with Crippen molar-refractivity contribution in [2.75, 3.05) is 23.4 Å². The molecule has 2 aliphatic carbocycles. The molecule has 2 aliphatic heterocycles. The van der Waals surface area contributed by atoms with E-state index in [4.69, 9.17) is 9.47 Å². The van der Waals surface area contributed by atoms with Crippen LogP contribution in [0.4, 0.5) is 11.4 Å². The fraction of sp³-hybridized carbons (Fsp3) is 0.324. The van der Waals surface area contributed by atoms with E-state index in [0.717, 1.165) is 27.5 Å². The van der Waals surface area contributed by atoms with Crippen LogP contribution in [0.1, 0.15) is 45.6 Å². The summed E-state index contributed by atoms with van der Waals surface area (Å²) in [5.74, 6) is -1.59. The minimum Gasteiger partial charge on any atom is -0.484 e. The van der Waals surface area contributed by atoms with Crippen molar-refractivity contribution in [2.24, 2.45) is 29.6 Å². The Kier molecular flexibility index (Phi) is 7.95. The van der Waals surface area contributed by atoms with Gasteiger partial charge in [0.15, 0.2) is 6.61 Å². The lowest BCUT2D eigenvalue weighted by atomic mass is 9.68. The number of carbonyl (C=O) groups is 4. The lowest BCUT2D eigenvalue weighted by molar-refractivity contribution is -0.123. The highest BCUT2D eigenvalue weighted by Crippen LogP contribution is 2.68. The number of imide groups is 1. The topological polar surface area (TPSA) is 135 Å². The molecule has 2 saturated carbocycles. The number of H-pyrrole nitrogens is 1. The molecule has 250 valence electrons. The molecule has 12 heteroatoms. The van der Waals surface area contributed by atoms with Gasteiger partial charge in [-0.3, -0.25) is 24.1 Å². The van der Waals surface area contributed by atoms with E-state index in [1.165, 1.54) is 16.2 Å². The van der Waals surface area contributed by atoms with Crippen molar-refractivity contribution in [3.8, 4) is 5.75 Å². The summed E-state index contributed by atoms with van der Waals surface area (Å²) in [7, 11) is 0. The van der Waals surface area contributed by atoms with Gasteiger partial charge in [0.1, 0.15) is 5.75 Å². The van der Waals surface area contributed by atoms with E-state index in [-0.39, 0.29) is 64.7 Å². The van der Waals surface area contributed by atoms with Crippen LogP contribution in [0.2, 0.25) is 0 Å². The van der Waals surface area contributed by atoms with Crippen molar-refractivity contribution >= 4 is 58.2 Å². The average molecular weight is 696 g/mol. The maximum atomic E-state index is 14.1. The summed E-state index contributed by atoms with van der Waals surface area (Å²) in [5.41, 5.74) is 3.56. The Labute approximate surface area is 290 Å². The summed E-state index contributed by atoms with van der Waals surface area (Å²) < 4.78 is 10.9. The number of aromatic amines is 1. The third-order valence-electron chi connectivity index (χ3n) is 10.3. The quantitative estimate of drug-likeness (QED) is 0.179. The van der Waals surface area contributed by atoms with Crippen LogP contribution in [0.5, 0.6) is 5.75 Å². The number of esters is 1. The average Bonchev–Trinajstić information content (AvgIpc) is 3.83. The lowest BCUT2D eigenvalue weighted by Crippen LogP contribution is -2.42. The Morgan fingerprint density at radius 3 is 2.41 bits per heavy atom. The maximum Gasteiger partial charge on any atom is 0.338 e. The normalized spacial score (nSPS) is 26.2. The Hall–Kier alpha value is -4.68. The Morgan fingerprint density at radius 2 is 1.69 bits per heavy atom. The van der Waals surface area contributed by atoms with Gasteiger partial charge in [-0.2, -0.15) is 0 Å². The molecular formula is C37H33N3O7S2. The third-order valence-corrected chi connectivity index (χ3v) is 12.9. The van der Waals surface area contributed by atoms with E-state index in [1.54, 1.807) is 43.0 Å². The predicted molar refractivity (Wildman–Crippen MR) is 185 cm³/mol. The fourth-order valence-corrected chi connectivity index (χ4v) is 11.3. The number of hydrogen-bond acceptors (Lipinski definition) is 9. The zero-order valence-electron chi connectivity index (χ0n) is 26.7. The first-order valence-electron chi connectivity index (χ1n) is 16.4. The second kappa shape index (κ2) is 12.3. The summed E-state index contributed by atoms with van der Waals surface area (Å²) in [4.78, 5) is 70.5. The zero-order chi connectivity index (χ0) is 34.0. The van der Waals surface area contributed by atoms with Gasteiger partial charge < -0.3 is 19.8 Å². The highest BCUT2D eigenvalue weighted by atomic mass is 32.2. The van der Waals surface area contributed by atoms with E-state index in [9.17, 15) is 24.0 Å². The first kappa shape index (κ1) is 31.6. The SMILES string of the molecule is CCOC(=O)c1ccc(N2C(=O)[C@H]3[C@H]4C[C@@H]([C@@H]3C2=O)[C@@H]2[C@H](c3ccc(OCC(=O)Nc5cccc(C)c5)cc3)c3sc(=O)[nH]c3S[C@H]42)cc1. The second-order valence-corrected chi connectivity index (χ2v) is 15.2. The number of nitrogens with one attached hydrogen (secondary N) is 2. The smallest absolute Gasteiger partial charge is 0.338 e. The van der Waals surface area contributed by atoms with Crippen LogP contribution in [0.25, 0.3) is 0 Å². The van der Waals surface area contributed by atoms with Crippen LogP contribution in [0, 0.1) is 36.5 Å². The van der Waals surface area contributed by atoms with Gasteiger partial charge in [-0.05, 0) is 97.7 Å². The number of thioether (sulfide) groups is 1. The minimum atomic E-state index is -0.455. The Balaban J connectivity index is 1.03. The minimum absolute atomic E-state index is 0.0150. The molecule has 3 aromatic carbocycles. The van der Waals surface area contributed by atoms with Crippen LogP contribution in [0.3, 0.4) is 0 Å². The number of aryl methyl sites for hydroxylation is 1. The van der Waals surface area contributed by atoms with Gasteiger partial charge in [0.05, 0.1) is 34.7 Å². The fourth-order valence-electron chi connectivity index (χ4n) is 8.45. The van der Waals surface area contributed by atoms with E-state index in [2.05, 4.69) is 10.3 Å². The van der Waals surface area contributed by atoms with Crippen molar-refractivity contribution < 1.29 is 28.7 Å². The summed E-state index contributed by atoms with van der Waals surface area (Å²) in [6.07, 6.45) is 0.775. The number of fused-ring (bicyclic) bond motifs is 9. The van der Waals surface area contributed by atoms with Gasteiger partial charge in [-0.25, -0.2) is 4.79 Å². The predicted octanol–water partition coefficient (Wildman–Crippen LogP) is 5.62. The van der Waals surface area contributed by atoms with Gasteiger partial charge in [0, 0.05) is 21.7 Å². The van der Waals surface area contributed by atoms with E-state index < -0.39 is 17.8 Å². The molecule has 8 rings (SSSR count). The number of hydrogen-bond donors (Lipinski definition) is 2. The molecule has 4 aromatic rings. The van der Waals surface area contributed by atoms with E-state index in [0.29, 0.717) is 22.7 Å². The molecule has 0 unspecified atom stereocenters. The number of amides is 3. The molecule has 4 aliphatic rings. The molecule has 2 N–H and O–H groups in total. The molecule has 1 aromatic heterocycles. The number of ether oxygens (including phenoxy) is 2. The largest absolute Gasteiger partial charge is 0.484 e. The number of nitrogens with zero attached hydrogens (tertiary/aromatic N) is 1. The molecule has 0 radical (unpaired) electrons. The van der Waals surface area contributed by atoms with Crippen molar-refractivity contribution in [1.29, 1.82) is 0 Å². The number of aromatic nitrogens is 1. The molecule has 1 saturated heterocycles. The second-order valence-electron chi connectivity index (χ2n) is 13.0. The van der Waals surface area contributed by atoms with Crippen LogP contribution in [-0.2, 0) is 19.1 Å². The number of benzene rings is 3. The molecule has 0 spiro atoms. The van der Waals surface area contributed by atoms with Crippen LogP contribution in [0.15, 0.2) is 82.6 Å². The number of anilines is 2. The van der Waals surface area contributed by atoms with Crippen molar-refractivity contribution in [3.05, 3.63) is 104 Å². The van der Waals surface area contributed by atoms with Crippen molar-refractivity contribution in [3.63, 3.8) is 0 Å². The summed E-state index contributed by atoms with van der Waals surface area (Å²) >= 11 is 2.84. The molecule has 7 atom stereocenters. The Bertz CT molecular complexity index is 2040.